The largest absolute Gasteiger partial charge is 0.390 e. The molecule has 0 saturated heterocycles. The highest BCUT2D eigenvalue weighted by atomic mass is 79.9. The lowest BCUT2D eigenvalue weighted by Gasteiger charge is -2.40. The van der Waals surface area contributed by atoms with Crippen molar-refractivity contribution in [2.45, 2.75) is 48.4 Å². The fourth-order valence-electron chi connectivity index (χ4n) is 4.89. The van der Waals surface area contributed by atoms with Gasteiger partial charge in [-0.3, -0.25) is 4.79 Å². The maximum Gasteiger partial charge on any atom is 0.256 e. The monoisotopic (exact) mass is 547 g/mol. The van der Waals surface area contributed by atoms with E-state index in [-0.39, 0.29) is 37.5 Å². The molecule has 2 aromatic carbocycles. The Kier molecular flexibility index (Phi) is 6.15. The van der Waals surface area contributed by atoms with Crippen LogP contribution in [0.1, 0.15) is 43.0 Å². The first kappa shape index (κ1) is 23.6. The molecule has 172 valence electrons. The van der Waals surface area contributed by atoms with Crippen molar-refractivity contribution in [3.05, 3.63) is 57.0 Å². The Hall–Kier alpha value is -1.55. The minimum Gasteiger partial charge on any atom is -0.390 e. The lowest BCUT2D eigenvalue weighted by atomic mass is 9.76. The minimum absolute atomic E-state index is 0.0107. The van der Waals surface area contributed by atoms with Crippen molar-refractivity contribution in [1.29, 1.82) is 0 Å². The van der Waals surface area contributed by atoms with Gasteiger partial charge in [0, 0.05) is 16.2 Å². The van der Waals surface area contributed by atoms with Crippen LogP contribution in [0.15, 0.2) is 39.7 Å². The normalized spacial score (nSPS) is 27.4. The molecule has 0 spiro atoms. The maximum atomic E-state index is 13.5. The molecule has 2 aromatic rings. The highest BCUT2D eigenvalue weighted by Gasteiger charge is 2.53. The molecule has 10 heteroatoms. The van der Waals surface area contributed by atoms with Crippen molar-refractivity contribution in [2.75, 3.05) is 5.32 Å². The Morgan fingerprint density at radius 2 is 1.78 bits per heavy atom. The second-order valence-electron chi connectivity index (χ2n) is 8.68. The van der Waals surface area contributed by atoms with Gasteiger partial charge in [0.05, 0.1) is 26.3 Å². The van der Waals surface area contributed by atoms with Crippen LogP contribution in [0.25, 0.3) is 0 Å². The fraction of sp³-hybridized carbons (Fsp3) is 0.409. The lowest BCUT2D eigenvalue weighted by molar-refractivity contribution is -0.0413. The van der Waals surface area contributed by atoms with E-state index < -0.39 is 38.2 Å². The third-order valence-corrected chi connectivity index (χ3v) is 10.1. The van der Waals surface area contributed by atoms with Gasteiger partial charge in [0.1, 0.15) is 0 Å². The van der Waals surface area contributed by atoms with Crippen molar-refractivity contribution < 1.29 is 27.1 Å². The van der Waals surface area contributed by atoms with Crippen molar-refractivity contribution >= 4 is 49.0 Å². The van der Waals surface area contributed by atoms with Crippen LogP contribution in [0.5, 0.6) is 0 Å². The molecule has 2 bridgehead atoms. The molecule has 2 aliphatic rings. The number of aliphatic hydroxyl groups is 1. The van der Waals surface area contributed by atoms with Gasteiger partial charge in [0.25, 0.3) is 5.91 Å². The summed E-state index contributed by atoms with van der Waals surface area (Å²) in [6.07, 6.45) is 2.21. The Balaban J connectivity index is 1.65. The number of amides is 1. The maximum absolute atomic E-state index is 13.5. The molecule has 0 aliphatic heterocycles. The van der Waals surface area contributed by atoms with E-state index in [1.807, 2.05) is 0 Å². The number of carbonyl (C=O) groups excluding carboxylic acids is 1. The van der Waals surface area contributed by atoms with Crippen LogP contribution in [-0.2, 0) is 9.84 Å². The van der Waals surface area contributed by atoms with E-state index >= 15 is 0 Å². The Bertz CT molecular complexity index is 1190. The molecule has 32 heavy (non-hydrogen) atoms. The second kappa shape index (κ2) is 8.34. The summed E-state index contributed by atoms with van der Waals surface area (Å²) in [7, 11) is -3.88. The number of carbonyl (C=O) groups is 1. The summed E-state index contributed by atoms with van der Waals surface area (Å²) in [5.74, 6) is -3.09. The molecule has 0 radical (unpaired) electrons. The molecule has 2 fully saturated rings. The molecule has 2 aliphatic carbocycles. The van der Waals surface area contributed by atoms with Crippen LogP contribution in [0.2, 0.25) is 5.02 Å². The third-order valence-electron chi connectivity index (χ3n) is 6.80. The summed E-state index contributed by atoms with van der Waals surface area (Å²) >= 11 is 9.49. The van der Waals surface area contributed by atoms with Gasteiger partial charge in [-0.1, -0.05) is 11.6 Å². The number of sulfone groups is 1. The van der Waals surface area contributed by atoms with Crippen LogP contribution in [-0.4, -0.2) is 30.3 Å². The van der Waals surface area contributed by atoms with Crippen LogP contribution < -0.4 is 5.32 Å². The van der Waals surface area contributed by atoms with Gasteiger partial charge >= 0.3 is 0 Å². The van der Waals surface area contributed by atoms with E-state index in [0.29, 0.717) is 12.8 Å². The van der Waals surface area contributed by atoms with Crippen molar-refractivity contribution in [3.8, 4) is 0 Å². The predicted molar refractivity (Wildman–Crippen MR) is 121 cm³/mol. The smallest absolute Gasteiger partial charge is 0.256 e. The Morgan fingerprint density at radius 3 is 2.38 bits per heavy atom. The van der Waals surface area contributed by atoms with Gasteiger partial charge in [-0.15, -0.1) is 0 Å². The first-order valence-corrected chi connectivity index (χ1v) is 12.8. The van der Waals surface area contributed by atoms with Crippen molar-refractivity contribution in [3.63, 3.8) is 0 Å². The summed E-state index contributed by atoms with van der Waals surface area (Å²) in [5.41, 5.74) is -0.861. The van der Waals surface area contributed by atoms with Gasteiger partial charge in [0.2, 0.25) is 0 Å². The summed E-state index contributed by atoms with van der Waals surface area (Å²) in [4.78, 5) is 12.6. The molecular formula is C22H21BrClF2NO4S. The molecule has 0 heterocycles. The summed E-state index contributed by atoms with van der Waals surface area (Å²) in [5, 5.41) is 12.4. The topological polar surface area (TPSA) is 83.5 Å². The van der Waals surface area contributed by atoms with E-state index in [4.69, 9.17) is 11.6 Å². The standard InChI is InChI=1S/C22H21BrClF2NO4S/c1-22(29)11-2-3-12(22)7-14(6-11)32(30,31)20-9-15(16(23)10-17(20)24)21(28)27-13-4-5-18(25)19(26)8-13/h4-5,8-12,14,29H,2-3,6-7H2,1H3,(H,27,28)/t11?,12?,14-,22-. The van der Waals surface area contributed by atoms with E-state index in [9.17, 15) is 27.1 Å². The lowest BCUT2D eigenvalue weighted by Crippen LogP contribution is -2.45. The molecular weight excluding hydrogens is 528 g/mol. The molecule has 5 nitrogen and oxygen atoms in total. The minimum atomic E-state index is -3.88. The zero-order chi connectivity index (χ0) is 23.4. The van der Waals surface area contributed by atoms with Crippen molar-refractivity contribution in [2.24, 2.45) is 11.8 Å². The zero-order valence-corrected chi connectivity index (χ0v) is 20.2. The second-order valence-corrected chi connectivity index (χ2v) is 12.1. The SMILES string of the molecule is C[C@]1(O)C2CCC1C[C@@H](S(=O)(=O)c1cc(C(=O)Nc3ccc(F)c(F)c3)c(Br)cc1Cl)C2. The highest BCUT2D eigenvalue weighted by Crippen LogP contribution is 2.52. The van der Waals surface area contributed by atoms with Gasteiger partial charge < -0.3 is 10.4 Å². The molecule has 2 unspecified atom stereocenters. The number of fused-ring (bicyclic) bond motifs is 2. The third kappa shape index (κ3) is 4.08. The highest BCUT2D eigenvalue weighted by molar-refractivity contribution is 9.10. The van der Waals surface area contributed by atoms with Gasteiger partial charge in [0.15, 0.2) is 21.5 Å². The van der Waals surface area contributed by atoms with Gasteiger partial charge in [-0.25, -0.2) is 17.2 Å². The van der Waals surface area contributed by atoms with E-state index in [0.717, 1.165) is 25.0 Å². The number of nitrogens with one attached hydrogen (secondary N) is 1. The molecule has 2 atom stereocenters. The number of hydrogen-bond donors (Lipinski definition) is 2. The Labute approximate surface area is 198 Å². The van der Waals surface area contributed by atoms with Crippen LogP contribution in [0.3, 0.4) is 0 Å². The molecule has 2 N–H and O–H groups in total. The van der Waals surface area contributed by atoms with Crippen molar-refractivity contribution in [1.82, 2.24) is 0 Å². The van der Waals surface area contributed by atoms with E-state index in [1.165, 1.54) is 18.2 Å². The van der Waals surface area contributed by atoms with Crippen LogP contribution >= 0.6 is 27.5 Å². The average molecular weight is 549 g/mol. The molecule has 4 rings (SSSR count). The van der Waals surface area contributed by atoms with Crippen LogP contribution in [0.4, 0.5) is 14.5 Å². The predicted octanol–water partition coefficient (Wildman–Crippen LogP) is 5.35. The van der Waals surface area contributed by atoms with E-state index in [1.54, 1.807) is 6.92 Å². The molecule has 1 amide bonds. The number of benzene rings is 2. The molecule has 2 saturated carbocycles. The van der Waals surface area contributed by atoms with E-state index in [2.05, 4.69) is 21.2 Å². The quantitative estimate of drug-likeness (QED) is 0.540. The first-order chi connectivity index (χ1) is 14.9. The Morgan fingerprint density at radius 1 is 1.16 bits per heavy atom. The van der Waals surface area contributed by atoms with Gasteiger partial charge in [-0.2, -0.15) is 0 Å². The van der Waals surface area contributed by atoms with Crippen LogP contribution in [0, 0.1) is 23.5 Å². The summed E-state index contributed by atoms with van der Waals surface area (Å²) in [6, 6.07) is 5.44. The fourth-order valence-corrected chi connectivity index (χ4v) is 7.98. The summed E-state index contributed by atoms with van der Waals surface area (Å²) in [6.45, 7) is 1.77. The number of rotatable bonds is 4. The molecule has 0 aromatic heterocycles. The first-order valence-electron chi connectivity index (χ1n) is 10.1. The zero-order valence-electron chi connectivity index (χ0n) is 17.0. The average Bonchev–Trinajstić information content (AvgIpc) is 2.87. The number of anilines is 1. The van der Waals surface area contributed by atoms with Gasteiger partial charge in [-0.05, 0) is 84.6 Å². The number of halogens is 4. The summed E-state index contributed by atoms with van der Waals surface area (Å²) < 4.78 is 53.8. The number of hydrogen-bond acceptors (Lipinski definition) is 4.